The van der Waals surface area contributed by atoms with Crippen LogP contribution in [0, 0.1) is 10.1 Å². The fourth-order valence-electron chi connectivity index (χ4n) is 3.39. The Kier molecular flexibility index (Phi) is 7.22. The van der Waals surface area contributed by atoms with Gasteiger partial charge < -0.3 is 10.2 Å². The molecule has 2 aromatic carbocycles. The number of carbonyl (C=O) groups excluding carboxylic acids is 1. The molecular formula is C20H21F3N4O5S. The topological polar surface area (TPSA) is 113 Å². The number of non-ortho nitro benzene ring substituents is 1. The van der Waals surface area contributed by atoms with E-state index in [0.717, 1.165) is 18.2 Å². The number of carbonyl (C=O) groups is 1. The van der Waals surface area contributed by atoms with Gasteiger partial charge in [0.2, 0.25) is 10.0 Å². The molecule has 0 bridgehead atoms. The highest BCUT2D eigenvalue weighted by molar-refractivity contribution is 7.89. The van der Waals surface area contributed by atoms with Gasteiger partial charge in [-0.1, -0.05) is 12.1 Å². The van der Waals surface area contributed by atoms with E-state index in [-0.39, 0.29) is 49.7 Å². The number of alkyl halides is 3. The summed E-state index contributed by atoms with van der Waals surface area (Å²) in [6, 6.07) is 9.93. The molecule has 9 nitrogen and oxygen atoms in total. The van der Waals surface area contributed by atoms with Crippen LogP contribution >= 0.6 is 0 Å². The molecule has 0 saturated carbocycles. The van der Waals surface area contributed by atoms with Gasteiger partial charge in [-0.05, 0) is 24.3 Å². The molecule has 0 spiro atoms. The Hall–Kier alpha value is -3.19. The van der Waals surface area contributed by atoms with E-state index in [4.69, 9.17) is 0 Å². The summed E-state index contributed by atoms with van der Waals surface area (Å²) >= 11 is 0. The number of nitrogens with zero attached hydrogens (tertiary/aromatic N) is 3. The van der Waals surface area contributed by atoms with Gasteiger partial charge in [0.05, 0.1) is 16.2 Å². The molecule has 1 saturated heterocycles. The largest absolute Gasteiger partial charge is 0.416 e. The minimum absolute atomic E-state index is 0.0382. The van der Waals surface area contributed by atoms with Crippen molar-refractivity contribution in [2.75, 3.05) is 43.4 Å². The number of halogens is 3. The second kappa shape index (κ2) is 9.75. The third kappa shape index (κ3) is 6.20. The Balaban J connectivity index is 1.52. The fraction of sp³-hybridized carbons (Fsp3) is 0.350. The maximum atomic E-state index is 12.9. The molecule has 1 aliphatic heterocycles. The molecule has 1 amide bonds. The second-order valence-corrected chi connectivity index (χ2v) is 9.40. The third-order valence-corrected chi connectivity index (χ3v) is 7.01. The standard InChI is InChI=1S/C20H21F3N4O5S/c21-20(22,23)16-4-2-5-17(14-16)25-8-10-26(11-9-25)33(31,32)12-7-24-19(28)15-3-1-6-18(13-15)27(29)30/h1-6,13-14H,7-12H2,(H,24,28). The third-order valence-electron chi connectivity index (χ3n) is 5.14. The summed E-state index contributed by atoms with van der Waals surface area (Å²) in [7, 11) is -3.72. The first-order valence-corrected chi connectivity index (χ1v) is 11.5. The van der Waals surface area contributed by atoms with E-state index in [1.54, 1.807) is 11.0 Å². The average Bonchev–Trinajstić information content (AvgIpc) is 2.78. The van der Waals surface area contributed by atoms with E-state index >= 15 is 0 Å². The molecule has 0 atom stereocenters. The lowest BCUT2D eigenvalue weighted by Gasteiger charge is -2.35. The Labute approximate surface area is 188 Å². The number of piperazine rings is 1. The first kappa shape index (κ1) is 24.5. The summed E-state index contributed by atoms with van der Waals surface area (Å²) in [4.78, 5) is 24.0. The second-order valence-electron chi connectivity index (χ2n) is 7.31. The summed E-state index contributed by atoms with van der Waals surface area (Å²) < 4.78 is 65.2. The fourth-order valence-corrected chi connectivity index (χ4v) is 4.73. The Bertz CT molecular complexity index is 1130. The van der Waals surface area contributed by atoms with Crippen molar-refractivity contribution in [1.29, 1.82) is 0 Å². The van der Waals surface area contributed by atoms with Gasteiger partial charge in [-0.25, -0.2) is 8.42 Å². The van der Waals surface area contributed by atoms with Crippen LogP contribution in [0.1, 0.15) is 15.9 Å². The summed E-state index contributed by atoms with van der Waals surface area (Å²) in [5, 5.41) is 13.2. The average molecular weight is 486 g/mol. The van der Waals surface area contributed by atoms with Crippen LogP contribution in [0.2, 0.25) is 0 Å². The van der Waals surface area contributed by atoms with Crippen LogP contribution in [0.4, 0.5) is 24.5 Å². The molecule has 3 rings (SSSR count). The summed E-state index contributed by atoms with van der Waals surface area (Å²) in [6.45, 7) is 0.438. The van der Waals surface area contributed by atoms with Crippen molar-refractivity contribution in [3.8, 4) is 0 Å². The first-order chi connectivity index (χ1) is 15.5. The van der Waals surface area contributed by atoms with Crippen LogP contribution in [0.15, 0.2) is 48.5 Å². The van der Waals surface area contributed by atoms with Gasteiger partial charge in [0.25, 0.3) is 11.6 Å². The van der Waals surface area contributed by atoms with Crippen molar-refractivity contribution >= 4 is 27.3 Å². The number of amides is 1. The number of hydrogen-bond acceptors (Lipinski definition) is 6. The SMILES string of the molecule is O=C(NCCS(=O)(=O)N1CCN(c2cccc(C(F)(F)F)c2)CC1)c1cccc([N+](=O)[O-])c1. The van der Waals surface area contributed by atoms with Crippen molar-refractivity contribution < 1.29 is 31.3 Å². The number of benzene rings is 2. The Morgan fingerprint density at radius 1 is 1.06 bits per heavy atom. The van der Waals surface area contributed by atoms with E-state index in [2.05, 4.69) is 5.32 Å². The summed E-state index contributed by atoms with van der Waals surface area (Å²) in [6.07, 6.45) is -4.46. The molecule has 2 aromatic rings. The van der Waals surface area contributed by atoms with Crippen LogP contribution in [0.25, 0.3) is 0 Å². The number of rotatable bonds is 7. The molecule has 1 heterocycles. The number of sulfonamides is 1. The maximum absolute atomic E-state index is 12.9. The monoisotopic (exact) mass is 486 g/mol. The zero-order valence-corrected chi connectivity index (χ0v) is 18.1. The van der Waals surface area contributed by atoms with Crippen LogP contribution < -0.4 is 10.2 Å². The van der Waals surface area contributed by atoms with Crippen molar-refractivity contribution in [1.82, 2.24) is 9.62 Å². The maximum Gasteiger partial charge on any atom is 0.416 e. The zero-order chi connectivity index (χ0) is 24.2. The van der Waals surface area contributed by atoms with Gasteiger partial charge in [-0.3, -0.25) is 14.9 Å². The summed E-state index contributed by atoms with van der Waals surface area (Å²) in [5.41, 5.74) is -0.620. The van der Waals surface area contributed by atoms with Gasteiger partial charge in [0.1, 0.15) is 0 Å². The number of nitro groups is 1. The molecule has 33 heavy (non-hydrogen) atoms. The highest BCUT2D eigenvalue weighted by Crippen LogP contribution is 2.32. The van der Waals surface area contributed by atoms with E-state index in [0.29, 0.717) is 5.69 Å². The molecule has 0 aliphatic carbocycles. The smallest absolute Gasteiger partial charge is 0.369 e. The predicted octanol–water partition coefficient (Wildman–Crippen LogP) is 2.50. The van der Waals surface area contributed by atoms with Gasteiger partial charge in [-0.15, -0.1) is 0 Å². The lowest BCUT2D eigenvalue weighted by Crippen LogP contribution is -2.50. The van der Waals surface area contributed by atoms with E-state index < -0.39 is 32.6 Å². The van der Waals surface area contributed by atoms with Crippen LogP contribution in [-0.2, 0) is 16.2 Å². The number of nitro benzene ring substituents is 1. The normalized spacial score (nSPS) is 15.3. The highest BCUT2D eigenvalue weighted by Gasteiger charge is 2.32. The molecule has 1 N–H and O–H groups in total. The first-order valence-electron chi connectivity index (χ1n) is 9.90. The molecule has 13 heteroatoms. The molecular weight excluding hydrogens is 465 g/mol. The highest BCUT2D eigenvalue weighted by atomic mass is 32.2. The molecule has 178 valence electrons. The zero-order valence-electron chi connectivity index (χ0n) is 17.3. The quantitative estimate of drug-likeness (QED) is 0.475. The van der Waals surface area contributed by atoms with E-state index in [9.17, 15) is 36.5 Å². The molecule has 0 aromatic heterocycles. The van der Waals surface area contributed by atoms with E-state index in [1.165, 1.54) is 28.6 Å². The van der Waals surface area contributed by atoms with Crippen molar-refractivity contribution in [2.24, 2.45) is 0 Å². The van der Waals surface area contributed by atoms with Crippen molar-refractivity contribution in [2.45, 2.75) is 6.18 Å². The molecule has 1 aliphatic rings. The van der Waals surface area contributed by atoms with Gasteiger partial charge >= 0.3 is 6.18 Å². The minimum Gasteiger partial charge on any atom is -0.369 e. The van der Waals surface area contributed by atoms with E-state index in [1.807, 2.05) is 0 Å². The minimum atomic E-state index is -4.46. The molecule has 0 radical (unpaired) electrons. The molecule has 1 fully saturated rings. The van der Waals surface area contributed by atoms with Crippen molar-refractivity contribution in [3.63, 3.8) is 0 Å². The van der Waals surface area contributed by atoms with Crippen LogP contribution in [0.3, 0.4) is 0 Å². The summed E-state index contributed by atoms with van der Waals surface area (Å²) in [5.74, 6) is -1.01. The van der Waals surface area contributed by atoms with Crippen LogP contribution in [-0.4, -0.2) is 62.0 Å². The Morgan fingerprint density at radius 3 is 2.36 bits per heavy atom. The number of nitrogens with one attached hydrogen (secondary N) is 1. The predicted molar refractivity (Wildman–Crippen MR) is 114 cm³/mol. The lowest BCUT2D eigenvalue weighted by atomic mass is 10.1. The lowest BCUT2D eigenvalue weighted by molar-refractivity contribution is -0.384. The number of hydrogen-bond donors (Lipinski definition) is 1. The van der Waals surface area contributed by atoms with Gasteiger partial charge in [-0.2, -0.15) is 17.5 Å². The van der Waals surface area contributed by atoms with Crippen LogP contribution in [0.5, 0.6) is 0 Å². The number of anilines is 1. The van der Waals surface area contributed by atoms with Gasteiger partial charge in [0, 0.05) is 56.1 Å². The Morgan fingerprint density at radius 2 is 1.73 bits per heavy atom. The molecule has 0 unspecified atom stereocenters. The van der Waals surface area contributed by atoms with Gasteiger partial charge in [0.15, 0.2) is 0 Å². The van der Waals surface area contributed by atoms with Crippen molar-refractivity contribution in [3.05, 3.63) is 69.8 Å².